The minimum absolute atomic E-state index is 0.0680. The van der Waals surface area contributed by atoms with Crippen molar-refractivity contribution in [2.75, 3.05) is 0 Å². The number of aromatic nitrogens is 1. The molecule has 0 amide bonds. The van der Waals surface area contributed by atoms with Gasteiger partial charge in [-0.3, -0.25) is 0 Å². The molecule has 1 aromatic rings. The van der Waals surface area contributed by atoms with Gasteiger partial charge in [-0.05, 0) is 6.92 Å². The molecule has 44 valence electrons. The van der Waals surface area contributed by atoms with Crippen LogP contribution in [-0.4, -0.2) is 10.1 Å². The van der Waals surface area contributed by atoms with Crippen LogP contribution < -0.4 is 0 Å². The number of aliphatic hydroxyl groups excluding tert-OH is 1. The third-order valence-corrected chi connectivity index (χ3v) is 1.70. The molecule has 8 heavy (non-hydrogen) atoms. The maximum atomic E-state index is 8.50. The molecule has 3 heteroatoms. The number of nitrogens with zero attached hydrogens (tertiary/aromatic N) is 1. The molecule has 1 aromatic heterocycles. The second kappa shape index (κ2) is 2.24. The second-order valence-corrected chi connectivity index (χ2v) is 2.84. The largest absolute Gasteiger partial charge is 0.389 e. The highest BCUT2D eigenvalue weighted by atomic mass is 32.1. The van der Waals surface area contributed by atoms with Gasteiger partial charge in [0.25, 0.3) is 0 Å². The molecule has 0 aliphatic heterocycles. The predicted molar refractivity (Wildman–Crippen MR) is 32.8 cm³/mol. The Morgan fingerprint density at radius 1 is 1.88 bits per heavy atom. The average molecular weight is 129 g/mol. The highest BCUT2D eigenvalue weighted by Crippen LogP contribution is 2.09. The van der Waals surface area contributed by atoms with Crippen LogP contribution in [0, 0.1) is 6.92 Å². The van der Waals surface area contributed by atoms with Crippen LogP contribution in [0.15, 0.2) is 6.20 Å². The Bertz CT molecular complexity index is 173. The molecule has 0 bridgehead atoms. The quantitative estimate of drug-likeness (QED) is 0.612. The number of rotatable bonds is 1. The van der Waals surface area contributed by atoms with Gasteiger partial charge in [-0.2, -0.15) is 0 Å². The summed E-state index contributed by atoms with van der Waals surface area (Å²) in [6.45, 7) is 2.04. The molecular formula is C5H7NOS. The van der Waals surface area contributed by atoms with Gasteiger partial charge in [-0.15, -0.1) is 11.3 Å². The zero-order valence-electron chi connectivity index (χ0n) is 4.59. The van der Waals surface area contributed by atoms with Crippen molar-refractivity contribution in [1.29, 1.82) is 0 Å². The summed E-state index contributed by atoms with van der Waals surface area (Å²) >= 11 is 1.53. The van der Waals surface area contributed by atoms with Gasteiger partial charge in [-0.25, -0.2) is 4.98 Å². The summed E-state index contributed by atoms with van der Waals surface area (Å²) in [4.78, 5) is 5.05. The first-order chi connectivity index (χ1) is 3.83. The smallest absolute Gasteiger partial charge is 0.118 e. The summed E-state index contributed by atoms with van der Waals surface area (Å²) in [6, 6.07) is 0. The van der Waals surface area contributed by atoms with E-state index >= 15 is 0 Å². The molecule has 0 saturated heterocycles. The maximum absolute atomic E-state index is 8.50. The zero-order chi connectivity index (χ0) is 5.98. The van der Waals surface area contributed by atoms with Gasteiger partial charge < -0.3 is 5.11 Å². The molecule has 1 heterocycles. The van der Waals surface area contributed by atoms with Gasteiger partial charge in [0.15, 0.2) is 0 Å². The van der Waals surface area contributed by atoms with Gasteiger partial charge in [-0.1, -0.05) is 0 Å². The van der Waals surface area contributed by atoms with Gasteiger partial charge in [0, 0.05) is 11.1 Å². The Morgan fingerprint density at radius 3 is 2.88 bits per heavy atom. The van der Waals surface area contributed by atoms with Crippen LogP contribution in [0.1, 0.15) is 9.88 Å². The fourth-order valence-corrected chi connectivity index (χ4v) is 1.12. The minimum Gasteiger partial charge on any atom is -0.389 e. The minimum atomic E-state index is 0.0680. The van der Waals surface area contributed by atoms with E-state index in [2.05, 4.69) is 4.98 Å². The van der Waals surface area contributed by atoms with Gasteiger partial charge >= 0.3 is 0 Å². The summed E-state index contributed by atoms with van der Waals surface area (Å²) in [6.07, 6.45) is 1.76. The highest BCUT2D eigenvalue weighted by Gasteiger charge is 1.92. The summed E-state index contributed by atoms with van der Waals surface area (Å²) in [5.74, 6) is 0. The first kappa shape index (κ1) is 5.72. The molecule has 0 spiro atoms. The number of thiazole rings is 1. The SMILES string of the molecule is Cc1cnc(CO)s1. The van der Waals surface area contributed by atoms with Crippen molar-refractivity contribution in [2.45, 2.75) is 13.5 Å². The number of aliphatic hydroxyl groups is 1. The maximum Gasteiger partial charge on any atom is 0.118 e. The van der Waals surface area contributed by atoms with E-state index in [1.807, 2.05) is 6.92 Å². The topological polar surface area (TPSA) is 33.1 Å². The van der Waals surface area contributed by atoms with E-state index < -0.39 is 0 Å². The normalized spacial score (nSPS) is 9.75. The molecule has 1 rings (SSSR count). The van der Waals surface area contributed by atoms with Gasteiger partial charge in [0.1, 0.15) is 5.01 Å². The number of aryl methyl sites for hydroxylation is 1. The number of hydrogen-bond donors (Lipinski definition) is 1. The van der Waals surface area contributed by atoms with Gasteiger partial charge in [0.05, 0.1) is 6.61 Å². The Hall–Kier alpha value is -0.410. The Balaban J connectivity index is 2.84. The zero-order valence-corrected chi connectivity index (χ0v) is 5.40. The highest BCUT2D eigenvalue weighted by molar-refractivity contribution is 7.11. The second-order valence-electron chi connectivity index (χ2n) is 1.52. The van der Waals surface area contributed by atoms with Gasteiger partial charge in [0.2, 0.25) is 0 Å². The third kappa shape index (κ3) is 1.05. The molecule has 0 aliphatic rings. The van der Waals surface area contributed by atoms with E-state index in [0.29, 0.717) is 0 Å². The summed E-state index contributed by atoms with van der Waals surface area (Å²) < 4.78 is 0. The molecule has 0 unspecified atom stereocenters. The van der Waals surface area contributed by atoms with Crippen molar-refractivity contribution in [1.82, 2.24) is 4.98 Å². The summed E-state index contributed by atoms with van der Waals surface area (Å²) in [7, 11) is 0. The molecule has 0 aromatic carbocycles. The van der Waals surface area contributed by atoms with E-state index in [0.717, 1.165) is 9.88 Å². The van der Waals surface area contributed by atoms with E-state index in [4.69, 9.17) is 5.11 Å². The van der Waals surface area contributed by atoms with Crippen molar-refractivity contribution in [3.63, 3.8) is 0 Å². The van der Waals surface area contributed by atoms with E-state index in [9.17, 15) is 0 Å². The molecule has 0 radical (unpaired) electrons. The molecule has 2 nitrogen and oxygen atoms in total. The van der Waals surface area contributed by atoms with Crippen LogP contribution in [0.3, 0.4) is 0 Å². The third-order valence-electron chi connectivity index (χ3n) is 0.804. The average Bonchev–Trinajstić information content (AvgIpc) is 2.14. The van der Waals surface area contributed by atoms with Crippen molar-refractivity contribution in [2.24, 2.45) is 0 Å². The summed E-state index contributed by atoms with van der Waals surface area (Å²) in [5, 5.41) is 9.29. The molecule has 0 fully saturated rings. The standard InChI is InChI=1S/C5H7NOS/c1-4-2-6-5(3-7)8-4/h2,7H,3H2,1H3. The van der Waals surface area contributed by atoms with E-state index in [-0.39, 0.29) is 6.61 Å². The van der Waals surface area contributed by atoms with Crippen LogP contribution >= 0.6 is 11.3 Å². The lowest BCUT2D eigenvalue weighted by Gasteiger charge is -1.78. The molecular weight excluding hydrogens is 122 g/mol. The van der Waals surface area contributed by atoms with Crippen LogP contribution in [-0.2, 0) is 6.61 Å². The first-order valence-corrected chi connectivity index (χ1v) is 3.17. The van der Waals surface area contributed by atoms with Crippen molar-refractivity contribution >= 4 is 11.3 Å². The Kier molecular flexibility index (Phi) is 1.60. The monoisotopic (exact) mass is 129 g/mol. The Labute approximate surface area is 51.8 Å². The lowest BCUT2D eigenvalue weighted by atomic mass is 10.6. The lowest BCUT2D eigenvalue weighted by molar-refractivity contribution is 0.281. The van der Waals surface area contributed by atoms with Crippen LogP contribution in [0.25, 0.3) is 0 Å². The van der Waals surface area contributed by atoms with Crippen LogP contribution in [0.4, 0.5) is 0 Å². The van der Waals surface area contributed by atoms with E-state index in [1.54, 1.807) is 6.20 Å². The predicted octanol–water partition coefficient (Wildman–Crippen LogP) is 0.944. The van der Waals surface area contributed by atoms with Crippen molar-refractivity contribution < 1.29 is 5.11 Å². The van der Waals surface area contributed by atoms with Crippen LogP contribution in [0.5, 0.6) is 0 Å². The molecule has 0 atom stereocenters. The number of hydrogen-bond acceptors (Lipinski definition) is 3. The van der Waals surface area contributed by atoms with Crippen molar-refractivity contribution in [3.8, 4) is 0 Å². The first-order valence-electron chi connectivity index (χ1n) is 2.35. The fraction of sp³-hybridized carbons (Fsp3) is 0.400. The van der Waals surface area contributed by atoms with Crippen molar-refractivity contribution in [3.05, 3.63) is 16.1 Å². The molecule has 0 aliphatic carbocycles. The fourth-order valence-electron chi connectivity index (χ4n) is 0.475. The van der Waals surface area contributed by atoms with Crippen LogP contribution in [0.2, 0.25) is 0 Å². The Morgan fingerprint density at radius 2 is 2.62 bits per heavy atom. The summed E-state index contributed by atoms with van der Waals surface area (Å²) in [5.41, 5.74) is 0. The molecule has 1 N–H and O–H groups in total. The molecule has 0 saturated carbocycles. The van der Waals surface area contributed by atoms with E-state index in [1.165, 1.54) is 11.3 Å². The lowest BCUT2D eigenvalue weighted by Crippen LogP contribution is -1.75.